The normalized spacial score (nSPS) is 13.1. The maximum atomic E-state index is 14.9. The quantitative estimate of drug-likeness (QED) is 0.541. The number of ether oxygens (including phenoxy) is 3. The Morgan fingerprint density at radius 3 is 2.41 bits per heavy atom. The fourth-order valence-electron chi connectivity index (χ4n) is 3.33. The van der Waals surface area contributed by atoms with Crippen LogP contribution in [0.1, 0.15) is 48.0 Å². The predicted octanol–water partition coefficient (Wildman–Crippen LogP) is 5.17. The summed E-state index contributed by atoms with van der Waals surface area (Å²) in [6.07, 6.45) is 0.769. The van der Waals surface area contributed by atoms with Crippen LogP contribution in [0.2, 0.25) is 0 Å². The van der Waals surface area contributed by atoms with Gasteiger partial charge in [0, 0.05) is 11.8 Å². The van der Waals surface area contributed by atoms with Gasteiger partial charge in [-0.3, -0.25) is 5.32 Å². The van der Waals surface area contributed by atoms with E-state index in [0.717, 1.165) is 0 Å². The largest absolute Gasteiger partial charge is 0.488 e. The first-order valence-corrected chi connectivity index (χ1v) is 10.9. The van der Waals surface area contributed by atoms with Crippen molar-refractivity contribution in [2.45, 2.75) is 59.1 Å². The van der Waals surface area contributed by atoms with E-state index in [2.05, 4.69) is 25.3 Å². The van der Waals surface area contributed by atoms with Gasteiger partial charge in [0.1, 0.15) is 12.2 Å². The molecule has 2 aromatic rings. The van der Waals surface area contributed by atoms with Crippen molar-refractivity contribution in [2.75, 3.05) is 19.0 Å². The number of halogens is 1. The Labute approximate surface area is 199 Å². The monoisotopic (exact) mass is 476 g/mol. The zero-order valence-corrected chi connectivity index (χ0v) is 20.7. The first-order chi connectivity index (χ1) is 15.8. The van der Waals surface area contributed by atoms with Crippen molar-refractivity contribution in [1.82, 2.24) is 15.3 Å². The van der Waals surface area contributed by atoms with E-state index in [1.54, 1.807) is 32.9 Å². The molecule has 9 nitrogen and oxygen atoms in total. The summed E-state index contributed by atoms with van der Waals surface area (Å²) in [5.41, 5.74) is -0.540. The highest BCUT2D eigenvalue weighted by Crippen LogP contribution is 2.27. The number of carbonyl (C=O) groups excluding carboxylic acids is 2. The van der Waals surface area contributed by atoms with Gasteiger partial charge in [-0.05, 0) is 64.3 Å². The standard InChI is InChI=1S/C24H33FN4O5/c1-15(2)13-24(6,29-22(31)34-23(3,4)5)14-33-19-9-8-16(12-17(19)25)18-10-11-26-20(27-18)28-21(30)32-7/h8-12,15H,13-14H2,1-7H3,(H,29,31)(H,26,27,28,30)/t24-/m0/s1. The van der Waals surface area contributed by atoms with Crippen molar-refractivity contribution < 1.29 is 28.2 Å². The molecule has 0 aliphatic carbocycles. The van der Waals surface area contributed by atoms with E-state index in [1.807, 2.05) is 20.8 Å². The van der Waals surface area contributed by atoms with Crippen LogP contribution in [-0.4, -0.2) is 47.0 Å². The lowest BCUT2D eigenvalue weighted by Gasteiger charge is -2.33. The molecule has 34 heavy (non-hydrogen) atoms. The molecule has 0 bridgehead atoms. The number of aromatic nitrogens is 2. The molecule has 2 amide bonds. The molecule has 1 aromatic heterocycles. The van der Waals surface area contributed by atoms with Gasteiger partial charge in [0.15, 0.2) is 11.6 Å². The highest BCUT2D eigenvalue weighted by Gasteiger charge is 2.31. The molecule has 0 saturated heterocycles. The highest BCUT2D eigenvalue weighted by molar-refractivity contribution is 5.82. The molecule has 0 radical (unpaired) electrons. The van der Waals surface area contributed by atoms with Crippen molar-refractivity contribution in [3.63, 3.8) is 0 Å². The average molecular weight is 477 g/mol. The van der Waals surface area contributed by atoms with Crippen molar-refractivity contribution in [1.29, 1.82) is 0 Å². The van der Waals surface area contributed by atoms with Gasteiger partial charge in [-0.2, -0.15) is 0 Å². The Morgan fingerprint density at radius 1 is 1.12 bits per heavy atom. The number of hydrogen-bond acceptors (Lipinski definition) is 7. The Bertz CT molecular complexity index is 1010. The lowest BCUT2D eigenvalue weighted by atomic mass is 9.91. The van der Waals surface area contributed by atoms with Gasteiger partial charge >= 0.3 is 12.2 Å². The Morgan fingerprint density at radius 2 is 1.82 bits per heavy atom. The zero-order valence-electron chi connectivity index (χ0n) is 20.7. The number of nitrogens with one attached hydrogen (secondary N) is 2. The molecule has 1 heterocycles. The van der Waals surface area contributed by atoms with E-state index in [0.29, 0.717) is 17.7 Å². The van der Waals surface area contributed by atoms with Gasteiger partial charge in [-0.15, -0.1) is 0 Å². The molecular formula is C24H33FN4O5. The third-order valence-electron chi connectivity index (χ3n) is 4.49. The number of alkyl carbamates (subject to hydrolysis) is 1. The molecular weight excluding hydrogens is 443 g/mol. The van der Waals surface area contributed by atoms with Crippen molar-refractivity contribution in [3.05, 3.63) is 36.3 Å². The van der Waals surface area contributed by atoms with Crippen molar-refractivity contribution >= 4 is 18.1 Å². The first kappa shape index (κ1) is 26.8. The molecule has 0 aliphatic rings. The summed E-state index contributed by atoms with van der Waals surface area (Å²) in [5, 5.41) is 5.23. The van der Waals surface area contributed by atoms with Gasteiger partial charge in [-0.25, -0.2) is 23.9 Å². The van der Waals surface area contributed by atoms with Gasteiger partial charge in [0.05, 0.1) is 18.3 Å². The summed E-state index contributed by atoms with van der Waals surface area (Å²) in [5.74, 6) is -0.279. The van der Waals surface area contributed by atoms with Crippen LogP contribution >= 0.6 is 0 Å². The number of amides is 2. The summed E-state index contributed by atoms with van der Waals surface area (Å²) in [6.45, 7) is 11.3. The Balaban J connectivity index is 2.15. The van der Waals surface area contributed by atoms with Crippen molar-refractivity contribution in [3.8, 4) is 17.0 Å². The summed E-state index contributed by atoms with van der Waals surface area (Å²) >= 11 is 0. The Kier molecular flexibility index (Phi) is 8.78. The maximum Gasteiger partial charge on any atom is 0.413 e. The van der Waals surface area contributed by atoms with Gasteiger partial charge < -0.3 is 19.5 Å². The van der Waals surface area contributed by atoms with E-state index in [1.165, 1.54) is 25.4 Å². The van der Waals surface area contributed by atoms with E-state index < -0.39 is 29.1 Å². The van der Waals surface area contributed by atoms with Crippen LogP contribution in [0.4, 0.5) is 19.9 Å². The van der Waals surface area contributed by atoms with E-state index in [-0.39, 0.29) is 24.2 Å². The van der Waals surface area contributed by atoms with Crippen LogP contribution < -0.4 is 15.4 Å². The molecule has 0 saturated carbocycles. The minimum Gasteiger partial charge on any atom is -0.488 e. The first-order valence-electron chi connectivity index (χ1n) is 10.9. The number of benzene rings is 1. The molecule has 0 fully saturated rings. The van der Waals surface area contributed by atoms with Crippen LogP contribution in [-0.2, 0) is 9.47 Å². The number of rotatable bonds is 8. The number of anilines is 1. The minimum absolute atomic E-state index is 0.0303. The molecule has 10 heteroatoms. The number of hydrogen-bond donors (Lipinski definition) is 2. The van der Waals surface area contributed by atoms with Crippen molar-refractivity contribution in [2.24, 2.45) is 5.92 Å². The molecule has 2 N–H and O–H groups in total. The molecule has 0 unspecified atom stereocenters. The molecule has 0 aliphatic heterocycles. The molecule has 1 aromatic carbocycles. The van der Waals surface area contributed by atoms with Crippen LogP contribution in [0.3, 0.4) is 0 Å². The van der Waals surface area contributed by atoms with E-state index >= 15 is 0 Å². The Hall–Kier alpha value is -3.43. The van der Waals surface area contributed by atoms with E-state index in [4.69, 9.17) is 9.47 Å². The van der Waals surface area contributed by atoms with Gasteiger partial charge in [0.25, 0.3) is 0 Å². The molecule has 186 valence electrons. The fourth-order valence-corrected chi connectivity index (χ4v) is 3.33. The minimum atomic E-state index is -0.775. The smallest absolute Gasteiger partial charge is 0.413 e. The summed E-state index contributed by atoms with van der Waals surface area (Å²) in [7, 11) is 1.22. The van der Waals surface area contributed by atoms with Crippen LogP contribution in [0, 0.1) is 11.7 Å². The summed E-state index contributed by atoms with van der Waals surface area (Å²) in [6, 6.07) is 6.00. The average Bonchev–Trinajstić information content (AvgIpc) is 2.70. The highest BCUT2D eigenvalue weighted by atomic mass is 19.1. The van der Waals surface area contributed by atoms with Gasteiger partial charge in [-0.1, -0.05) is 13.8 Å². The maximum absolute atomic E-state index is 14.9. The fraction of sp³-hybridized carbons (Fsp3) is 0.500. The third kappa shape index (κ3) is 8.49. The predicted molar refractivity (Wildman–Crippen MR) is 126 cm³/mol. The molecule has 2 rings (SSSR count). The molecule has 0 spiro atoms. The lowest BCUT2D eigenvalue weighted by molar-refractivity contribution is 0.0406. The second-order valence-electron chi connectivity index (χ2n) is 9.60. The van der Waals surface area contributed by atoms with Crippen LogP contribution in [0.15, 0.2) is 30.5 Å². The third-order valence-corrected chi connectivity index (χ3v) is 4.49. The summed E-state index contributed by atoms with van der Waals surface area (Å²) in [4.78, 5) is 31.8. The summed E-state index contributed by atoms with van der Waals surface area (Å²) < 4.78 is 30.5. The second-order valence-corrected chi connectivity index (χ2v) is 9.60. The number of methoxy groups -OCH3 is 1. The number of carbonyl (C=O) groups is 2. The zero-order chi connectivity index (χ0) is 25.5. The SMILES string of the molecule is COC(=O)Nc1nccc(-c2ccc(OC[C@](C)(CC(C)C)NC(=O)OC(C)(C)C)c(F)c2)n1. The second kappa shape index (κ2) is 11.1. The topological polar surface area (TPSA) is 112 Å². The number of nitrogens with zero attached hydrogens (tertiary/aromatic N) is 2. The molecule has 1 atom stereocenters. The van der Waals surface area contributed by atoms with Crippen LogP contribution in [0.5, 0.6) is 5.75 Å². The van der Waals surface area contributed by atoms with E-state index in [9.17, 15) is 14.0 Å². The van der Waals surface area contributed by atoms with Gasteiger partial charge in [0.2, 0.25) is 5.95 Å². The lowest BCUT2D eigenvalue weighted by Crippen LogP contribution is -2.52. The van der Waals surface area contributed by atoms with Crippen LogP contribution in [0.25, 0.3) is 11.3 Å².